The monoisotopic (exact) mass is 296 g/mol. The second-order valence-corrected chi connectivity index (χ2v) is 5.77. The Morgan fingerprint density at radius 2 is 2.21 bits per heavy atom. The molecule has 0 aromatic carbocycles. The minimum absolute atomic E-state index is 0.155. The Hall–Kier alpha value is -1.59. The van der Waals surface area contributed by atoms with Gasteiger partial charge in [-0.05, 0) is 25.1 Å². The Kier molecular flexibility index (Phi) is 4.39. The Balaban J connectivity index is 2.17. The zero-order chi connectivity index (χ0) is 13.8. The van der Waals surface area contributed by atoms with Gasteiger partial charge in [-0.3, -0.25) is 9.59 Å². The molecule has 0 bridgehead atoms. The first-order chi connectivity index (χ1) is 9.10. The molecule has 0 spiro atoms. The molecule has 4 nitrogen and oxygen atoms in total. The van der Waals surface area contributed by atoms with Crippen LogP contribution in [-0.4, -0.2) is 22.3 Å². The number of nitrogens with zero attached hydrogens (tertiary/aromatic N) is 1. The number of aromatic amines is 1. The van der Waals surface area contributed by atoms with Gasteiger partial charge in [0.1, 0.15) is 0 Å². The number of hydrogen-bond acceptors (Lipinski definition) is 3. The van der Waals surface area contributed by atoms with Gasteiger partial charge in [-0.15, -0.1) is 11.3 Å². The van der Waals surface area contributed by atoms with E-state index in [1.807, 2.05) is 19.1 Å². The standard InChI is InChI=1S/C13H13ClN2O2S/c1-2-16(8-10-3-4-11(14)19-10)13(18)9-5-6-15-12(17)7-9/h3-7H,2,8H2,1H3,(H,15,17). The largest absolute Gasteiger partial charge is 0.334 e. The number of nitrogens with one attached hydrogen (secondary N) is 1. The minimum Gasteiger partial charge on any atom is -0.334 e. The molecule has 0 atom stereocenters. The van der Waals surface area contributed by atoms with Crippen LogP contribution >= 0.6 is 22.9 Å². The van der Waals surface area contributed by atoms with Crippen LogP contribution in [0.4, 0.5) is 0 Å². The third kappa shape index (κ3) is 3.45. The fourth-order valence-electron chi connectivity index (χ4n) is 1.71. The Morgan fingerprint density at radius 1 is 1.42 bits per heavy atom. The Labute approximate surface area is 119 Å². The van der Waals surface area contributed by atoms with Crippen molar-refractivity contribution in [2.24, 2.45) is 0 Å². The molecule has 2 aromatic rings. The lowest BCUT2D eigenvalue weighted by atomic mass is 10.2. The molecule has 0 aliphatic rings. The summed E-state index contributed by atoms with van der Waals surface area (Å²) in [6.07, 6.45) is 1.48. The van der Waals surface area contributed by atoms with Gasteiger partial charge in [0, 0.05) is 29.2 Å². The molecule has 1 N–H and O–H groups in total. The van der Waals surface area contributed by atoms with E-state index in [-0.39, 0.29) is 11.5 Å². The molecule has 0 aliphatic heterocycles. The fourth-order valence-corrected chi connectivity index (χ4v) is 2.82. The summed E-state index contributed by atoms with van der Waals surface area (Å²) in [6, 6.07) is 6.63. The van der Waals surface area contributed by atoms with Crippen molar-refractivity contribution in [3.8, 4) is 0 Å². The van der Waals surface area contributed by atoms with Crippen LogP contribution in [0.1, 0.15) is 22.2 Å². The smallest absolute Gasteiger partial charge is 0.254 e. The van der Waals surface area contributed by atoms with Gasteiger partial charge in [0.15, 0.2) is 0 Å². The lowest BCUT2D eigenvalue weighted by Gasteiger charge is -2.19. The molecule has 0 unspecified atom stereocenters. The van der Waals surface area contributed by atoms with Crippen LogP contribution in [0, 0.1) is 0 Å². The molecule has 0 aliphatic carbocycles. The Morgan fingerprint density at radius 3 is 2.79 bits per heavy atom. The van der Waals surface area contributed by atoms with Crippen molar-refractivity contribution in [1.82, 2.24) is 9.88 Å². The molecular formula is C13H13ClN2O2S. The van der Waals surface area contributed by atoms with E-state index in [1.165, 1.54) is 23.6 Å². The fraction of sp³-hybridized carbons (Fsp3) is 0.231. The molecule has 100 valence electrons. The van der Waals surface area contributed by atoms with E-state index in [1.54, 1.807) is 11.0 Å². The lowest BCUT2D eigenvalue weighted by molar-refractivity contribution is 0.0754. The van der Waals surface area contributed by atoms with Crippen LogP contribution in [-0.2, 0) is 6.54 Å². The number of carbonyl (C=O) groups excluding carboxylic acids is 1. The van der Waals surface area contributed by atoms with E-state index >= 15 is 0 Å². The van der Waals surface area contributed by atoms with Crippen molar-refractivity contribution in [2.45, 2.75) is 13.5 Å². The van der Waals surface area contributed by atoms with E-state index in [4.69, 9.17) is 11.6 Å². The van der Waals surface area contributed by atoms with Crippen LogP contribution in [0.25, 0.3) is 0 Å². The molecule has 0 saturated heterocycles. The Bertz CT molecular complexity index is 635. The van der Waals surface area contributed by atoms with Gasteiger partial charge >= 0.3 is 0 Å². The first-order valence-electron chi connectivity index (χ1n) is 5.82. The second kappa shape index (κ2) is 6.04. The molecule has 2 heterocycles. The van der Waals surface area contributed by atoms with Gasteiger partial charge in [-0.2, -0.15) is 0 Å². The van der Waals surface area contributed by atoms with Crippen molar-refractivity contribution in [3.63, 3.8) is 0 Å². The highest BCUT2D eigenvalue weighted by molar-refractivity contribution is 7.16. The zero-order valence-electron chi connectivity index (χ0n) is 10.4. The van der Waals surface area contributed by atoms with E-state index in [0.29, 0.717) is 23.0 Å². The summed E-state index contributed by atoms with van der Waals surface area (Å²) in [6.45, 7) is 2.97. The zero-order valence-corrected chi connectivity index (χ0v) is 11.9. The second-order valence-electron chi connectivity index (χ2n) is 3.97. The summed E-state index contributed by atoms with van der Waals surface area (Å²) < 4.78 is 0.703. The van der Waals surface area contributed by atoms with Gasteiger partial charge < -0.3 is 9.88 Å². The lowest BCUT2D eigenvalue weighted by Crippen LogP contribution is -2.30. The number of rotatable bonds is 4. The molecule has 1 amide bonds. The molecule has 2 aromatic heterocycles. The van der Waals surface area contributed by atoms with Gasteiger partial charge in [-0.1, -0.05) is 11.6 Å². The highest BCUT2D eigenvalue weighted by Crippen LogP contribution is 2.23. The molecule has 0 fully saturated rings. The maximum atomic E-state index is 12.3. The molecule has 19 heavy (non-hydrogen) atoms. The summed E-state index contributed by atoms with van der Waals surface area (Å²) in [4.78, 5) is 28.7. The van der Waals surface area contributed by atoms with Crippen LogP contribution in [0.15, 0.2) is 35.3 Å². The van der Waals surface area contributed by atoms with Gasteiger partial charge in [-0.25, -0.2) is 0 Å². The van der Waals surface area contributed by atoms with E-state index in [9.17, 15) is 9.59 Å². The highest BCUT2D eigenvalue weighted by Gasteiger charge is 2.15. The summed E-state index contributed by atoms with van der Waals surface area (Å²) >= 11 is 7.32. The molecular weight excluding hydrogens is 284 g/mol. The third-order valence-corrected chi connectivity index (χ3v) is 3.88. The maximum absolute atomic E-state index is 12.3. The number of hydrogen-bond donors (Lipinski definition) is 1. The topological polar surface area (TPSA) is 53.2 Å². The number of pyridine rings is 1. The van der Waals surface area contributed by atoms with Crippen molar-refractivity contribution in [3.05, 3.63) is 55.6 Å². The van der Waals surface area contributed by atoms with E-state index < -0.39 is 0 Å². The summed E-state index contributed by atoms with van der Waals surface area (Å²) in [7, 11) is 0. The quantitative estimate of drug-likeness (QED) is 0.943. The van der Waals surface area contributed by atoms with Crippen molar-refractivity contribution < 1.29 is 4.79 Å². The first kappa shape index (κ1) is 13.8. The highest BCUT2D eigenvalue weighted by atomic mass is 35.5. The summed E-state index contributed by atoms with van der Waals surface area (Å²) in [5.74, 6) is -0.155. The number of amides is 1. The average Bonchev–Trinajstić information content (AvgIpc) is 2.81. The average molecular weight is 297 g/mol. The van der Waals surface area contributed by atoms with Crippen LogP contribution in [0.5, 0.6) is 0 Å². The molecule has 2 rings (SSSR count). The third-order valence-electron chi connectivity index (χ3n) is 2.67. The van der Waals surface area contributed by atoms with Crippen LogP contribution in [0.2, 0.25) is 4.34 Å². The van der Waals surface area contributed by atoms with Gasteiger partial charge in [0.2, 0.25) is 5.56 Å². The number of halogens is 1. The van der Waals surface area contributed by atoms with E-state index in [0.717, 1.165) is 4.88 Å². The van der Waals surface area contributed by atoms with Crippen LogP contribution < -0.4 is 5.56 Å². The summed E-state index contributed by atoms with van der Waals surface area (Å²) in [5.41, 5.74) is 0.120. The summed E-state index contributed by atoms with van der Waals surface area (Å²) in [5, 5.41) is 0. The maximum Gasteiger partial charge on any atom is 0.254 e. The van der Waals surface area contributed by atoms with Gasteiger partial charge in [0.25, 0.3) is 5.91 Å². The molecule has 0 saturated carbocycles. The number of carbonyl (C=O) groups is 1. The van der Waals surface area contributed by atoms with Crippen molar-refractivity contribution in [2.75, 3.05) is 6.54 Å². The number of thiophene rings is 1. The van der Waals surface area contributed by atoms with Crippen LogP contribution in [0.3, 0.4) is 0 Å². The molecule has 0 radical (unpaired) electrons. The first-order valence-corrected chi connectivity index (χ1v) is 7.02. The van der Waals surface area contributed by atoms with Crippen molar-refractivity contribution >= 4 is 28.8 Å². The number of aromatic nitrogens is 1. The van der Waals surface area contributed by atoms with E-state index in [2.05, 4.69) is 4.98 Å². The SMILES string of the molecule is CCN(Cc1ccc(Cl)s1)C(=O)c1cc[nH]c(=O)c1. The predicted molar refractivity (Wildman–Crippen MR) is 76.8 cm³/mol. The van der Waals surface area contributed by atoms with Gasteiger partial charge in [0.05, 0.1) is 10.9 Å². The van der Waals surface area contributed by atoms with Crippen molar-refractivity contribution in [1.29, 1.82) is 0 Å². The minimum atomic E-state index is -0.277. The number of H-pyrrole nitrogens is 1. The molecule has 6 heteroatoms. The normalized spacial score (nSPS) is 10.4. The predicted octanol–water partition coefficient (Wildman–Crippen LogP) is 2.75.